The van der Waals surface area contributed by atoms with E-state index < -0.39 is 4.92 Å². The van der Waals surface area contributed by atoms with Crippen LogP contribution in [-0.2, 0) is 9.53 Å². The van der Waals surface area contributed by atoms with E-state index in [-0.39, 0.29) is 11.7 Å². The number of benzene rings is 3. The number of hydrogen-bond donors (Lipinski definition) is 0. The molecule has 4 rings (SSSR count). The molecule has 1 aromatic heterocycles. The van der Waals surface area contributed by atoms with Crippen molar-refractivity contribution >= 4 is 33.5 Å². The summed E-state index contributed by atoms with van der Waals surface area (Å²) in [5, 5.41) is 12.9. The fourth-order valence-corrected chi connectivity index (χ4v) is 3.65. The van der Waals surface area contributed by atoms with Crippen molar-refractivity contribution in [2.75, 3.05) is 13.2 Å². The second kappa shape index (κ2) is 10.1. The molecule has 3 aromatic carbocycles. The topological polar surface area (TPSA) is 105 Å². The third-order valence-corrected chi connectivity index (χ3v) is 5.26. The molecule has 0 aliphatic heterocycles. The van der Waals surface area contributed by atoms with Gasteiger partial charge in [0.05, 0.1) is 24.2 Å². The molecule has 0 atom stereocenters. The quantitative estimate of drug-likeness (QED) is 0.126. The number of fused-ring (bicyclic) bond motifs is 2. The highest BCUT2D eigenvalue weighted by Crippen LogP contribution is 2.33. The van der Waals surface area contributed by atoms with Crippen LogP contribution in [0, 0.1) is 10.1 Å². The minimum absolute atomic E-state index is 0.0363. The van der Waals surface area contributed by atoms with Crippen molar-refractivity contribution in [2.24, 2.45) is 0 Å². The minimum Gasteiger partial charge on any atom is -0.494 e. The SMILES string of the molecule is CCOC(=O)CCCCCOc1ccc2c(-c3nc4ccc([N+](=O)[O-])cc4o3)cccc2c1. The smallest absolute Gasteiger partial charge is 0.305 e. The highest BCUT2D eigenvalue weighted by atomic mass is 16.6. The van der Waals surface area contributed by atoms with Crippen molar-refractivity contribution in [1.29, 1.82) is 0 Å². The van der Waals surface area contributed by atoms with E-state index in [0.29, 0.717) is 36.6 Å². The number of rotatable bonds is 10. The number of oxazole rings is 1. The summed E-state index contributed by atoms with van der Waals surface area (Å²) in [6.45, 7) is 2.79. The summed E-state index contributed by atoms with van der Waals surface area (Å²) < 4.78 is 16.6. The summed E-state index contributed by atoms with van der Waals surface area (Å²) in [7, 11) is 0. The van der Waals surface area contributed by atoms with Gasteiger partial charge in [0.2, 0.25) is 5.89 Å². The number of hydrogen-bond acceptors (Lipinski definition) is 7. The molecule has 4 aromatic rings. The number of carbonyl (C=O) groups is 1. The molecule has 0 spiro atoms. The fourth-order valence-electron chi connectivity index (χ4n) is 3.65. The van der Waals surface area contributed by atoms with E-state index in [1.54, 1.807) is 13.0 Å². The van der Waals surface area contributed by atoms with Crippen LogP contribution in [0.3, 0.4) is 0 Å². The van der Waals surface area contributed by atoms with Crippen LogP contribution < -0.4 is 4.74 Å². The van der Waals surface area contributed by atoms with Crippen LogP contribution in [0.5, 0.6) is 5.75 Å². The maximum Gasteiger partial charge on any atom is 0.305 e. The van der Waals surface area contributed by atoms with Crippen molar-refractivity contribution in [2.45, 2.75) is 32.6 Å². The van der Waals surface area contributed by atoms with Crippen LogP contribution in [0.4, 0.5) is 5.69 Å². The van der Waals surface area contributed by atoms with Gasteiger partial charge in [-0.25, -0.2) is 4.98 Å². The molecule has 0 bridgehead atoms. The number of carbonyl (C=O) groups excluding carboxylic acids is 1. The number of nitro groups is 1. The Kier molecular flexibility index (Phi) is 6.83. The lowest BCUT2D eigenvalue weighted by atomic mass is 10.0. The Balaban J connectivity index is 1.44. The van der Waals surface area contributed by atoms with E-state index in [4.69, 9.17) is 13.9 Å². The van der Waals surface area contributed by atoms with Crippen LogP contribution >= 0.6 is 0 Å². The standard InChI is InChI=1S/C25H24N2O6/c1-2-31-24(28)9-4-3-5-14-32-19-11-12-20-17(15-19)7-6-8-21(20)25-26-22-13-10-18(27(29)30)16-23(22)33-25/h6-8,10-13,15-16H,2-5,9,14H2,1H3. The largest absolute Gasteiger partial charge is 0.494 e. The van der Waals surface area contributed by atoms with E-state index in [2.05, 4.69) is 4.98 Å². The highest BCUT2D eigenvalue weighted by Gasteiger charge is 2.15. The third kappa shape index (κ3) is 5.28. The molecule has 0 aliphatic rings. The van der Waals surface area contributed by atoms with Crippen molar-refractivity contribution in [3.05, 3.63) is 64.7 Å². The van der Waals surface area contributed by atoms with E-state index in [1.165, 1.54) is 12.1 Å². The van der Waals surface area contributed by atoms with Gasteiger partial charge < -0.3 is 13.9 Å². The van der Waals surface area contributed by atoms with Crippen molar-refractivity contribution in [3.8, 4) is 17.2 Å². The first-order valence-corrected chi connectivity index (χ1v) is 10.9. The maximum absolute atomic E-state index is 11.4. The lowest BCUT2D eigenvalue weighted by Crippen LogP contribution is -2.04. The Hall–Kier alpha value is -3.94. The van der Waals surface area contributed by atoms with Gasteiger partial charge in [0.15, 0.2) is 5.58 Å². The van der Waals surface area contributed by atoms with Gasteiger partial charge in [0.1, 0.15) is 11.3 Å². The average Bonchev–Trinajstić information content (AvgIpc) is 3.24. The number of esters is 1. The molecule has 0 fully saturated rings. The second-order valence-corrected chi connectivity index (χ2v) is 7.58. The van der Waals surface area contributed by atoms with Crippen LogP contribution in [0.25, 0.3) is 33.3 Å². The van der Waals surface area contributed by atoms with E-state index in [1.807, 2.05) is 36.4 Å². The maximum atomic E-state index is 11.4. The number of aromatic nitrogens is 1. The summed E-state index contributed by atoms with van der Waals surface area (Å²) in [6.07, 6.45) is 2.98. The molecule has 0 saturated carbocycles. The second-order valence-electron chi connectivity index (χ2n) is 7.58. The summed E-state index contributed by atoms with van der Waals surface area (Å²) >= 11 is 0. The third-order valence-electron chi connectivity index (χ3n) is 5.26. The molecule has 0 aliphatic carbocycles. The van der Waals surface area contributed by atoms with Crippen LogP contribution in [0.15, 0.2) is 59.0 Å². The summed E-state index contributed by atoms with van der Waals surface area (Å²) in [6, 6.07) is 16.0. The molecule has 33 heavy (non-hydrogen) atoms. The summed E-state index contributed by atoms with van der Waals surface area (Å²) in [4.78, 5) is 26.4. The van der Waals surface area contributed by atoms with Gasteiger partial charge in [-0.05, 0) is 67.3 Å². The van der Waals surface area contributed by atoms with Gasteiger partial charge in [-0.1, -0.05) is 12.1 Å². The molecule has 1 heterocycles. The van der Waals surface area contributed by atoms with Gasteiger partial charge in [-0.2, -0.15) is 0 Å². The first kappa shape index (κ1) is 22.3. The van der Waals surface area contributed by atoms with Crippen LogP contribution in [-0.4, -0.2) is 29.1 Å². The van der Waals surface area contributed by atoms with Gasteiger partial charge >= 0.3 is 5.97 Å². The molecular formula is C25H24N2O6. The summed E-state index contributed by atoms with van der Waals surface area (Å²) in [5.41, 5.74) is 1.71. The fraction of sp³-hybridized carbons (Fsp3) is 0.280. The Morgan fingerprint density at radius 1 is 1.09 bits per heavy atom. The van der Waals surface area contributed by atoms with Gasteiger partial charge in [-0.15, -0.1) is 0 Å². The number of nitrogens with zero attached hydrogens (tertiary/aromatic N) is 2. The Morgan fingerprint density at radius 3 is 2.79 bits per heavy atom. The molecule has 8 nitrogen and oxygen atoms in total. The van der Waals surface area contributed by atoms with Crippen LogP contribution in [0.1, 0.15) is 32.6 Å². The number of unbranched alkanes of at least 4 members (excludes halogenated alkanes) is 2. The van der Waals surface area contributed by atoms with Gasteiger partial charge in [-0.3, -0.25) is 14.9 Å². The van der Waals surface area contributed by atoms with E-state index in [9.17, 15) is 14.9 Å². The zero-order chi connectivity index (χ0) is 23.2. The van der Waals surface area contributed by atoms with Crippen molar-refractivity contribution < 1.29 is 23.6 Å². The minimum atomic E-state index is -0.457. The first-order valence-electron chi connectivity index (χ1n) is 10.9. The zero-order valence-corrected chi connectivity index (χ0v) is 18.3. The average molecular weight is 448 g/mol. The lowest BCUT2D eigenvalue weighted by Gasteiger charge is -2.09. The van der Waals surface area contributed by atoms with Gasteiger partial charge in [0, 0.05) is 18.1 Å². The molecule has 0 amide bonds. The predicted octanol–water partition coefficient (Wildman–Crippen LogP) is 6.06. The van der Waals surface area contributed by atoms with Crippen molar-refractivity contribution in [3.63, 3.8) is 0 Å². The lowest BCUT2D eigenvalue weighted by molar-refractivity contribution is -0.384. The highest BCUT2D eigenvalue weighted by molar-refractivity contribution is 5.96. The van der Waals surface area contributed by atoms with Gasteiger partial charge in [0.25, 0.3) is 5.69 Å². The van der Waals surface area contributed by atoms with Crippen LogP contribution in [0.2, 0.25) is 0 Å². The number of ether oxygens (including phenoxy) is 2. The normalized spacial score (nSPS) is 11.1. The van der Waals surface area contributed by atoms with E-state index >= 15 is 0 Å². The summed E-state index contributed by atoms with van der Waals surface area (Å²) in [5.74, 6) is 1.02. The zero-order valence-electron chi connectivity index (χ0n) is 18.3. The monoisotopic (exact) mass is 448 g/mol. The predicted molar refractivity (Wildman–Crippen MR) is 124 cm³/mol. The molecular weight excluding hydrogens is 424 g/mol. The molecule has 0 unspecified atom stereocenters. The first-order chi connectivity index (χ1) is 16.0. The molecule has 8 heteroatoms. The van der Waals surface area contributed by atoms with Crippen molar-refractivity contribution in [1.82, 2.24) is 4.98 Å². The van der Waals surface area contributed by atoms with E-state index in [0.717, 1.165) is 41.3 Å². The Labute approximate surface area is 190 Å². The number of non-ortho nitro benzene ring substituents is 1. The number of nitro benzene ring substituents is 1. The molecule has 170 valence electrons. The Bertz CT molecular complexity index is 1300. The molecule has 0 N–H and O–H groups in total. The molecule has 0 radical (unpaired) electrons. The Morgan fingerprint density at radius 2 is 1.97 bits per heavy atom. The molecule has 0 saturated heterocycles.